The highest BCUT2D eigenvalue weighted by Gasteiger charge is 2.40. The van der Waals surface area contributed by atoms with E-state index in [1.165, 1.54) is 30.9 Å². The van der Waals surface area contributed by atoms with Gasteiger partial charge in [0.15, 0.2) is 0 Å². The lowest BCUT2D eigenvalue weighted by atomic mass is 9.67. The fraction of sp³-hybridized carbons (Fsp3) is 0.938. The third-order valence-electron chi connectivity index (χ3n) is 5.05. The van der Waals surface area contributed by atoms with Gasteiger partial charge >= 0.3 is 0 Å². The van der Waals surface area contributed by atoms with E-state index in [0.717, 1.165) is 12.3 Å². The molecule has 3 heteroatoms. The number of hydrogen-bond acceptors (Lipinski definition) is 3. The van der Waals surface area contributed by atoms with Crippen LogP contribution in [-0.4, -0.2) is 35.0 Å². The Labute approximate surface area is 122 Å². The number of nitriles is 1. The second kappa shape index (κ2) is 6.06. The first-order valence-electron chi connectivity index (χ1n) is 7.66. The van der Waals surface area contributed by atoms with Crippen LogP contribution in [0.2, 0.25) is 0 Å². The van der Waals surface area contributed by atoms with Crippen molar-refractivity contribution in [3.8, 4) is 6.07 Å². The molecule has 1 heterocycles. The van der Waals surface area contributed by atoms with Crippen LogP contribution >= 0.6 is 11.8 Å². The van der Waals surface area contributed by atoms with Crippen molar-refractivity contribution in [2.24, 2.45) is 17.3 Å². The van der Waals surface area contributed by atoms with Gasteiger partial charge in [-0.05, 0) is 37.5 Å². The summed E-state index contributed by atoms with van der Waals surface area (Å²) in [5.74, 6) is 3.49. The van der Waals surface area contributed by atoms with Crippen LogP contribution in [-0.2, 0) is 0 Å². The van der Waals surface area contributed by atoms with Crippen LogP contribution in [0.4, 0.5) is 0 Å². The molecule has 4 unspecified atom stereocenters. The summed E-state index contributed by atoms with van der Waals surface area (Å²) < 4.78 is 0. The van der Waals surface area contributed by atoms with E-state index in [1.807, 2.05) is 0 Å². The quantitative estimate of drug-likeness (QED) is 0.731. The van der Waals surface area contributed by atoms with Crippen LogP contribution in [0.5, 0.6) is 0 Å². The molecule has 2 rings (SSSR count). The predicted molar refractivity (Wildman–Crippen MR) is 83.2 cm³/mol. The van der Waals surface area contributed by atoms with E-state index >= 15 is 0 Å². The summed E-state index contributed by atoms with van der Waals surface area (Å²) in [7, 11) is 0. The molecule has 0 bridgehead atoms. The number of thioether (sulfide) groups is 1. The molecule has 0 aromatic heterocycles. The van der Waals surface area contributed by atoms with Gasteiger partial charge in [0.2, 0.25) is 0 Å². The molecule has 108 valence electrons. The lowest BCUT2D eigenvalue weighted by molar-refractivity contribution is 0.0456. The predicted octanol–water partition coefficient (Wildman–Crippen LogP) is 3.78. The van der Waals surface area contributed by atoms with Gasteiger partial charge in [-0.25, -0.2) is 0 Å². The zero-order valence-electron chi connectivity index (χ0n) is 12.9. The third kappa shape index (κ3) is 3.47. The summed E-state index contributed by atoms with van der Waals surface area (Å²) in [6.07, 6.45) is 3.55. The highest BCUT2D eigenvalue weighted by molar-refractivity contribution is 7.99. The van der Waals surface area contributed by atoms with Crippen molar-refractivity contribution < 1.29 is 0 Å². The first-order valence-corrected chi connectivity index (χ1v) is 8.82. The average molecular weight is 280 g/mol. The van der Waals surface area contributed by atoms with Crippen LogP contribution in [0.15, 0.2) is 0 Å². The zero-order valence-corrected chi connectivity index (χ0v) is 13.7. The Morgan fingerprint density at radius 2 is 2.00 bits per heavy atom. The van der Waals surface area contributed by atoms with E-state index in [1.54, 1.807) is 0 Å². The van der Waals surface area contributed by atoms with Crippen LogP contribution in [0, 0.1) is 28.6 Å². The zero-order chi connectivity index (χ0) is 14.0. The van der Waals surface area contributed by atoms with Gasteiger partial charge in [0.1, 0.15) is 0 Å². The van der Waals surface area contributed by atoms with Gasteiger partial charge in [0, 0.05) is 30.1 Å². The third-order valence-corrected chi connectivity index (χ3v) is 6.24. The smallest absolute Gasteiger partial charge is 0.0672 e. The number of hydrogen-bond donors (Lipinski definition) is 0. The van der Waals surface area contributed by atoms with Gasteiger partial charge < -0.3 is 0 Å². The number of nitrogens with zero attached hydrogens (tertiary/aromatic N) is 2. The molecule has 1 aliphatic carbocycles. The maximum absolute atomic E-state index is 9.49. The summed E-state index contributed by atoms with van der Waals surface area (Å²) in [4.78, 5) is 2.64. The molecule has 1 saturated heterocycles. The summed E-state index contributed by atoms with van der Waals surface area (Å²) in [5.41, 5.74) is 0.381. The molecule has 19 heavy (non-hydrogen) atoms. The Balaban J connectivity index is 2.12. The second-order valence-corrected chi connectivity index (χ2v) is 8.49. The van der Waals surface area contributed by atoms with E-state index in [2.05, 4.69) is 50.4 Å². The molecule has 0 aromatic carbocycles. The molecule has 2 nitrogen and oxygen atoms in total. The van der Waals surface area contributed by atoms with Crippen molar-refractivity contribution in [3.63, 3.8) is 0 Å². The van der Waals surface area contributed by atoms with Crippen molar-refractivity contribution >= 4 is 11.8 Å². The van der Waals surface area contributed by atoms with Crippen LogP contribution in [0.3, 0.4) is 0 Å². The largest absolute Gasteiger partial charge is 0.295 e. The van der Waals surface area contributed by atoms with Gasteiger partial charge in [0.05, 0.1) is 12.0 Å². The summed E-state index contributed by atoms with van der Waals surface area (Å²) >= 11 is 2.06. The molecular weight excluding hydrogens is 252 g/mol. The average Bonchev–Trinajstić information content (AvgIpc) is 2.37. The second-order valence-electron chi connectivity index (χ2n) is 7.34. The normalized spacial score (nSPS) is 37.8. The Morgan fingerprint density at radius 1 is 1.26 bits per heavy atom. The van der Waals surface area contributed by atoms with Crippen molar-refractivity contribution in [2.45, 2.75) is 59.0 Å². The van der Waals surface area contributed by atoms with Gasteiger partial charge in [-0.3, -0.25) is 4.90 Å². The Morgan fingerprint density at radius 3 is 2.58 bits per heavy atom. The van der Waals surface area contributed by atoms with E-state index in [-0.39, 0.29) is 5.92 Å². The van der Waals surface area contributed by atoms with Gasteiger partial charge in [-0.1, -0.05) is 20.8 Å². The summed E-state index contributed by atoms with van der Waals surface area (Å²) in [6.45, 7) is 10.6. The minimum absolute atomic E-state index is 0.254. The SMILES string of the molecule is CC1CSCCN1C1CC(C(C)(C)C)CCC1C#N. The fourth-order valence-corrected chi connectivity index (χ4v) is 4.72. The number of rotatable bonds is 1. The summed E-state index contributed by atoms with van der Waals surface area (Å²) in [6, 6.07) is 3.73. The standard InChI is InChI=1S/C16H28N2S/c1-12-11-19-8-7-18(12)15-9-14(16(2,3)4)6-5-13(15)10-17/h12-15H,5-9,11H2,1-4H3. The minimum Gasteiger partial charge on any atom is -0.295 e. The molecule has 0 radical (unpaired) electrons. The lowest BCUT2D eigenvalue weighted by Gasteiger charge is -2.47. The van der Waals surface area contributed by atoms with Crippen molar-refractivity contribution in [1.82, 2.24) is 4.90 Å². The minimum atomic E-state index is 0.254. The maximum atomic E-state index is 9.49. The van der Waals surface area contributed by atoms with Gasteiger partial charge in [-0.15, -0.1) is 0 Å². The lowest BCUT2D eigenvalue weighted by Crippen LogP contribution is -2.52. The van der Waals surface area contributed by atoms with Crippen LogP contribution in [0.1, 0.15) is 47.0 Å². The monoisotopic (exact) mass is 280 g/mol. The van der Waals surface area contributed by atoms with E-state index in [4.69, 9.17) is 0 Å². The molecule has 0 N–H and O–H groups in total. The van der Waals surface area contributed by atoms with E-state index in [0.29, 0.717) is 17.5 Å². The Kier molecular flexibility index (Phi) is 4.84. The fourth-order valence-electron chi connectivity index (χ4n) is 3.68. The molecule has 0 amide bonds. The molecule has 2 aliphatic rings. The molecular formula is C16H28N2S. The molecule has 0 aromatic rings. The maximum Gasteiger partial charge on any atom is 0.0672 e. The van der Waals surface area contributed by atoms with E-state index in [9.17, 15) is 5.26 Å². The van der Waals surface area contributed by atoms with Crippen LogP contribution < -0.4 is 0 Å². The molecule has 0 spiro atoms. The highest BCUT2D eigenvalue weighted by Crippen LogP contribution is 2.42. The molecule has 2 fully saturated rings. The van der Waals surface area contributed by atoms with Crippen molar-refractivity contribution in [2.75, 3.05) is 18.1 Å². The Hall–Kier alpha value is -0.200. The van der Waals surface area contributed by atoms with Gasteiger partial charge in [0.25, 0.3) is 0 Å². The summed E-state index contributed by atoms with van der Waals surface area (Å²) in [5, 5.41) is 9.49. The Bertz CT molecular complexity index is 342. The van der Waals surface area contributed by atoms with Crippen molar-refractivity contribution in [3.05, 3.63) is 0 Å². The molecule has 1 saturated carbocycles. The highest BCUT2D eigenvalue weighted by atomic mass is 32.2. The van der Waals surface area contributed by atoms with Crippen molar-refractivity contribution in [1.29, 1.82) is 5.26 Å². The molecule has 1 aliphatic heterocycles. The van der Waals surface area contributed by atoms with Gasteiger partial charge in [-0.2, -0.15) is 17.0 Å². The molecule has 4 atom stereocenters. The topological polar surface area (TPSA) is 27.0 Å². The first kappa shape index (κ1) is 15.2. The van der Waals surface area contributed by atoms with E-state index < -0.39 is 0 Å². The van der Waals surface area contributed by atoms with Crippen LogP contribution in [0.25, 0.3) is 0 Å². The first-order chi connectivity index (χ1) is 8.93.